The summed E-state index contributed by atoms with van der Waals surface area (Å²) in [6.45, 7) is 3.26. The van der Waals surface area contributed by atoms with E-state index in [-0.39, 0.29) is 18.1 Å². The average Bonchev–Trinajstić information content (AvgIpc) is 2.96. The Labute approximate surface area is 155 Å². The number of halogens is 3. The van der Waals surface area contributed by atoms with Crippen LogP contribution in [0, 0.1) is 11.8 Å². The molecule has 0 aromatic heterocycles. The van der Waals surface area contributed by atoms with Crippen LogP contribution < -0.4 is 5.32 Å². The van der Waals surface area contributed by atoms with Crippen LogP contribution in [0.25, 0.3) is 0 Å². The molecule has 1 atom stereocenters. The van der Waals surface area contributed by atoms with E-state index < -0.39 is 17.7 Å². The topological polar surface area (TPSA) is 50.8 Å². The molecule has 27 heavy (non-hydrogen) atoms. The molecule has 1 N–H and O–H groups in total. The van der Waals surface area contributed by atoms with Gasteiger partial charge in [0.2, 0.25) is 5.76 Å². The minimum Gasteiger partial charge on any atom is -0.453 e. The van der Waals surface area contributed by atoms with Gasteiger partial charge in [-0.2, -0.15) is 13.2 Å². The summed E-state index contributed by atoms with van der Waals surface area (Å²) in [6, 6.07) is 0. The van der Waals surface area contributed by atoms with Crippen LogP contribution in [-0.4, -0.2) is 49.8 Å². The number of hydrogen-bond acceptors (Lipinski definition) is 4. The maximum absolute atomic E-state index is 13.2. The summed E-state index contributed by atoms with van der Waals surface area (Å²) in [5.41, 5.74) is 0.0285. The SMILES string of the molecule is O=C1NCCN(CCC2CCOCC2)C2=C1OC1=CC=C(C(F)(F)F)CC12. The molecule has 0 bridgehead atoms. The second-order valence-electron chi connectivity index (χ2n) is 7.42. The maximum atomic E-state index is 13.2. The molecule has 4 aliphatic rings. The van der Waals surface area contributed by atoms with Crippen molar-refractivity contribution in [2.45, 2.75) is 31.9 Å². The molecule has 0 aromatic carbocycles. The zero-order chi connectivity index (χ0) is 19.0. The predicted molar refractivity (Wildman–Crippen MR) is 91.2 cm³/mol. The van der Waals surface area contributed by atoms with E-state index in [1.54, 1.807) is 0 Å². The van der Waals surface area contributed by atoms with Gasteiger partial charge in [-0.05, 0) is 37.7 Å². The highest BCUT2D eigenvalue weighted by Gasteiger charge is 2.45. The van der Waals surface area contributed by atoms with E-state index in [2.05, 4.69) is 5.32 Å². The molecule has 3 heterocycles. The summed E-state index contributed by atoms with van der Waals surface area (Å²) in [5, 5.41) is 2.79. The third kappa shape index (κ3) is 3.72. The van der Waals surface area contributed by atoms with Crippen molar-refractivity contribution >= 4 is 5.91 Å². The first kappa shape index (κ1) is 18.4. The van der Waals surface area contributed by atoms with Gasteiger partial charge in [0.1, 0.15) is 5.76 Å². The number of carbonyl (C=O) groups excluding carboxylic acids is 1. The van der Waals surface area contributed by atoms with Gasteiger partial charge >= 0.3 is 6.18 Å². The fourth-order valence-corrected chi connectivity index (χ4v) is 4.20. The molecule has 148 valence electrons. The Morgan fingerprint density at radius 1 is 1.22 bits per heavy atom. The first-order valence-corrected chi connectivity index (χ1v) is 9.44. The highest BCUT2D eigenvalue weighted by molar-refractivity contribution is 5.93. The van der Waals surface area contributed by atoms with Gasteiger partial charge in [0.15, 0.2) is 0 Å². The molecule has 0 aromatic rings. The largest absolute Gasteiger partial charge is 0.453 e. The Balaban J connectivity index is 1.55. The van der Waals surface area contributed by atoms with Gasteiger partial charge in [0, 0.05) is 38.4 Å². The first-order valence-electron chi connectivity index (χ1n) is 9.44. The van der Waals surface area contributed by atoms with Crippen molar-refractivity contribution < 1.29 is 27.4 Å². The molecule has 1 unspecified atom stereocenters. The molecule has 0 saturated carbocycles. The van der Waals surface area contributed by atoms with Crippen molar-refractivity contribution in [2.75, 3.05) is 32.8 Å². The number of carbonyl (C=O) groups is 1. The minimum absolute atomic E-state index is 0.160. The molecular weight excluding hydrogens is 361 g/mol. The number of hydrogen-bond donors (Lipinski definition) is 1. The van der Waals surface area contributed by atoms with E-state index in [0.29, 0.717) is 37.0 Å². The zero-order valence-corrected chi connectivity index (χ0v) is 15.0. The molecule has 0 spiro atoms. The maximum Gasteiger partial charge on any atom is 0.412 e. The van der Waals surface area contributed by atoms with Crippen LogP contribution in [-0.2, 0) is 14.3 Å². The molecule has 5 nitrogen and oxygen atoms in total. The smallest absolute Gasteiger partial charge is 0.412 e. The molecule has 1 aliphatic carbocycles. The summed E-state index contributed by atoms with van der Waals surface area (Å²) in [5.74, 6) is 0.250. The summed E-state index contributed by atoms with van der Waals surface area (Å²) in [7, 11) is 0. The number of allylic oxidation sites excluding steroid dienone is 3. The summed E-state index contributed by atoms with van der Waals surface area (Å²) < 4.78 is 50.7. The molecule has 8 heteroatoms. The molecule has 1 saturated heterocycles. The molecule has 3 aliphatic heterocycles. The highest BCUT2D eigenvalue weighted by Crippen LogP contribution is 2.46. The quantitative estimate of drug-likeness (QED) is 0.813. The van der Waals surface area contributed by atoms with Gasteiger partial charge in [-0.15, -0.1) is 0 Å². The second kappa shape index (κ2) is 7.22. The Hall–Kier alpha value is -1.96. The van der Waals surface area contributed by atoms with Crippen molar-refractivity contribution in [2.24, 2.45) is 11.8 Å². The summed E-state index contributed by atoms with van der Waals surface area (Å²) in [4.78, 5) is 14.4. The van der Waals surface area contributed by atoms with E-state index in [1.807, 2.05) is 4.90 Å². The highest BCUT2D eigenvalue weighted by atomic mass is 19.4. The van der Waals surface area contributed by atoms with Crippen molar-refractivity contribution in [3.05, 3.63) is 34.9 Å². The molecule has 1 fully saturated rings. The van der Waals surface area contributed by atoms with Gasteiger partial charge in [-0.25, -0.2) is 0 Å². The standard InChI is InChI=1S/C19H23F3N2O3/c20-19(21,22)13-1-2-15-14(11-13)16-17(27-15)18(25)23-6-8-24(16)7-3-12-4-9-26-10-5-12/h1-2,12,14H,3-11H2,(H,23,25). The van der Waals surface area contributed by atoms with Crippen LogP contribution in [0.1, 0.15) is 25.7 Å². The minimum atomic E-state index is -4.37. The molecular formula is C19H23F3N2O3. The lowest BCUT2D eigenvalue weighted by atomic mass is 9.89. The number of nitrogens with one attached hydrogen (secondary N) is 1. The van der Waals surface area contributed by atoms with E-state index >= 15 is 0 Å². The van der Waals surface area contributed by atoms with Gasteiger partial charge in [-0.3, -0.25) is 4.79 Å². The lowest BCUT2D eigenvalue weighted by Gasteiger charge is -2.31. The third-order valence-corrected chi connectivity index (χ3v) is 5.73. The number of nitrogens with zero attached hydrogens (tertiary/aromatic N) is 1. The zero-order valence-electron chi connectivity index (χ0n) is 15.0. The van der Waals surface area contributed by atoms with Crippen LogP contribution in [0.3, 0.4) is 0 Å². The first-order chi connectivity index (χ1) is 12.9. The van der Waals surface area contributed by atoms with Crippen LogP contribution in [0.15, 0.2) is 34.9 Å². The van der Waals surface area contributed by atoms with E-state index in [9.17, 15) is 18.0 Å². The van der Waals surface area contributed by atoms with Gasteiger partial charge in [0.05, 0.1) is 11.6 Å². The lowest BCUT2D eigenvalue weighted by molar-refractivity contribution is -0.119. The Kier molecular flexibility index (Phi) is 4.92. The van der Waals surface area contributed by atoms with Crippen LogP contribution >= 0.6 is 0 Å². The predicted octanol–water partition coefficient (Wildman–Crippen LogP) is 2.87. The third-order valence-electron chi connectivity index (χ3n) is 5.73. The van der Waals surface area contributed by atoms with Crippen LogP contribution in [0.2, 0.25) is 0 Å². The summed E-state index contributed by atoms with van der Waals surface area (Å²) >= 11 is 0. The van der Waals surface area contributed by atoms with Gasteiger partial charge in [0.25, 0.3) is 5.91 Å². The molecule has 1 amide bonds. The van der Waals surface area contributed by atoms with Gasteiger partial charge < -0.3 is 19.7 Å². The van der Waals surface area contributed by atoms with E-state index in [1.165, 1.54) is 6.08 Å². The summed E-state index contributed by atoms with van der Waals surface area (Å²) in [6.07, 6.45) is 0.798. The number of fused-ring (bicyclic) bond motifs is 2. The van der Waals surface area contributed by atoms with E-state index in [0.717, 1.165) is 38.6 Å². The normalized spacial score (nSPS) is 26.6. The Morgan fingerprint density at radius 2 is 2.00 bits per heavy atom. The number of rotatable bonds is 3. The fourth-order valence-electron chi connectivity index (χ4n) is 4.20. The second-order valence-corrected chi connectivity index (χ2v) is 7.42. The number of amides is 1. The molecule has 4 rings (SSSR count). The van der Waals surface area contributed by atoms with Crippen molar-refractivity contribution in [3.8, 4) is 0 Å². The Morgan fingerprint density at radius 3 is 2.74 bits per heavy atom. The fraction of sp³-hybridized carbons (Fsp3) is 0.632. The van der Waals surface area contributed by atoms with Crippen LogP contribution in [0.4, 0.5) is 13.2 Å². The number of alkyl halides is 3. The van der Waals surface area contributed by atoms with Gasteiger partial charge in [-0.1, -0.05) is 6.08 Å². The van der Waals surface area contributed by atoms with Crippen molar-refractivity contribution in [1.29, 1.82) is 0 Å². The number of ether oxygens (including phenoxy) is 2. The van der Waals surface area contributed by atoms with Crippen LogP contribution in [0.5, 0.6) is 0 Å². The van der Waals surface area contributed by atoms with Crippen molar-refractivity contribution in [3.63, 3.8) is 0 Å². The lowest BCUT2D eigenvalue weighted by Crippen LogP contribution is -2.34. The van der Waals surface area contributed by atoms with Crippen molar-refractivity contribution in [1.82, 2.24) is 10.2 Å². The Bertz CT molecular complexity index is 705. The van der Waals surface area contributed by atoms with E-state index in [4.69, 9.17) is 9.47 Å². The molecule has 0 radical (unpaired) electrons. The average molecular weight is 384 g/mol. The monoisotopic (exact) mass is 384 g/mol.